The summed E-state index contributed by atoms with van der Waals surface area (Å²) in [4.78, 5) is 15.9. The van der Waals surface area contributed by atoms with Crippen LogP contribution in [0, 0.1) is 0 Å². The first-order valence-corrected chi connectivity index (χ1v) is 5.96. The van der Waals surface area contributed by atoms with Crippen molar-refractivity contribution >= 4 is 27.7 Å². The number of carbonyl (C=O) groups is 1. The fraction of sp³-hybridized carbons (Fsp3) is 0.182. The Labute approximate surface area is 107 Å². The Morgan fingerprint density at radius 3 is 3.00 bits per heavy atom. The van der Waals surface area contributed by atoms with Crippen LogP contribution in [0.15, 0.2) is 28.9 Å². The molecule has 0 aliphatic heterocycles. The molecule has 0 atom stereocenters. The number of halogens is 1. The molecule has 0 aliphatic rings. The summed E-state index contributed by atoms with van der Waals surface area (Å²) in [6, 6.07) is 6.97. The van der Waals surface area contributed by atoms with E-state index in [1.807, 2.05) is 6.92 Å². The molecule has 0 bridgehead atoms. The highest BCUT2D eigenvalue weighted by atomic mass is 79.9. The summed E-state index contributed by atoms with van der Waals surface area (Å²) in [7, 11) is 0. The molecule has 2 heterocycles. The summed E-state index contributed by atoms with van der Waals surface area (Å²) in [5.74, 6) is 0.231. The number of rotatable bonds is 3. The summed E-state index contributed by atoms with van der Waals surface area (Å²) in [5, 5.41) is 9.48. The minimum atomic E-state index is -0.277. The van der Waals surface area contributed by atoms with E-state index < -0.39 is 0 Å². The SMILES string of the molecule is CCc1cc(NC(=O)c2cccc(Br)n2)n[nH]1. The number of aromatic nitrogens is 3. The van der Waals surface area contributed by atoms with Crippen LogP contribution in [0.1, 0.15) is 23.1 Å². The minimum Gasteiger partial charge on any atom is -0.304 e. The summed E-state index contributed by atoms with van der Waals surface area (Å²) >= 11 is 3.22. The maximum Gasteiger partial charge on any atom is 0.275 e. The number of amides is 1. The van der Waals surface area contributed by atoms with Gasteiger partial charge in [0.05, 0.1) is 0 Å². The molecule has 6 heteroatoms. The van der Waals surface area contributed by atoms with E-state index in [9.17, 15) is 4.79 Å². The molecule has 0 aromatic carbocycles. The van der Waals surface area contributed by atoms with Gasteiger partial charge in [-0.15, -0.1) is 0 Å². The molecular formula is C11H11BrN4O. The third kappa shape index (κ3) is 2.91. The number of hydrogen-bond donors (Lipinski definition) is 2. The van der Waals surface area contributed by atoms with Crippen molar-refractivity contribution in [3.8, 4) is 0 Å². The molecule has 0 aliphatic carbocycles. The number of nitrogens with zero attached hydrogens (tertiary/aromatic N) is 2. The van der Waals surface area contributed by atoms with Crippen LogP contribution in [-0.2, 0) is 6.42 Å². The summed E-state index contributed by atoms with van der Waals surface area (Å²) < 4.78 is 0.626. The molecule has 0 saturated carbocycles. The normalized spacial score (nSPS) is 10.2. The van der Waals surface area contributed by atoms with Gasteiger partial charge in [-0.1, -0.05) is 13.0 Å². The maximum atomic E-state index is 11.8. The van der Waals surface area contributed by atoms with Crippen molar-refractivity contribution in [2.45, 2.75) is 13.3 Å². The number of pyridine rings is 1. The van der Waals surface area contributed by atoms with Gasteiger partial charge in [0.15, 0.2) is 5.82 Å². The Kier molecular flexibility index (Phi) is 3.53. The number of carbonyl (C=O) groups excluding carboxylic acids is 1. The van der Waals surface area contributed by atoms with Gasteiger partial charge >= 0.3 is 0 Å². The Morgan fingerprint density at radius 1 is 1.53 bits per heavy atom. The van der Waals surface area contributed by atoms with Gasteiger partial charge < -0.3 is 5.32 Å². The van der Waals surface area contributed by atoms with E-state index in [2.05, 4.69) is 36.4 Å². The molecule has 88 valence electrons. The molecule has 5 nitrogen and oxygen atoms in total. The zero-order chi connectivity index (χ0) is 12.3. The number of nitrogens with one attached hydrogen (secondary N) is 2. The fourth-order valence-electron chi connectivity index (χ4n) is 1.32. The van der Waals surface area contributed by atoms with Crippen molar-refractivity contribution < 1.29 is 4.79 Å². The Hall–Kier alpha value is -1.69. The molecule has 1 amide bonds. The molecule has 0 radical (unpaired) electrons. The third-order valence-corrected chi connectivity index (χ3v) is 2.64. The standard InChI is InChI=1S/C11H11BrN4O/c1-2-7-6-10(16-15-7)14-11(17)8-4-3-5-9(12)13-8/h3-6H,2H2,1H3,(H2,14,15,16,17). The Bertz CT molecular complexity index is 538. The molecule has 0 fully saturated rings. The van der Waals surface area contributed by atoms with Gasteiger partial charge in [-0.05, 0) is 34.5 Å². The van der Waals surface area contributed by atoms with E-state index in [0.29, 0.717) is 16.1 Å². The maximum absolute atomic E-state index is 11.8. The van der Waals surface area contributed by atoms with Crippen molar-refractivity contribution in [1.82, 2.24) is 15.2 Å². The van der Waals surface area contributed by atoms with Gasteiger partial charge in [0.2, 0.25) is 0 Å². The van der Waals surface area contributed by atoms with Gasteiger partial charge in [0.25, 0.3) is 5.91 Å². The lowest BCUT2D eigenvalue weighted by molar-refractivity contribution is 0.102. The van der Waals surface area contributed by atoms with E-state index >= 15 is 0 Å². The van der Waals surface area contributed by atoms with Crippen molar-refractivity contribution in [2.75, 3.05) is 5.32 Å². The topological polar surface area (TPSA) is 70.7 Å². The lowest BCUT2D eigenvalue weighted by Crippen LogP contribution is -2.13. The number of H-pyrrole nitrogens is 1. The van der Waals surface area contributed by atoms with Crippen LogP contribution >= 0.6 is 15.9 Å². The highest BCUT2D eigenvalue weighted by molar-refractivity contribution is 9.10. The van der Waals surface area contributed by atoms with Gasteiger partial charge in [0, 0.05) is 11.8 Å². The number of aromatic amines is 1. The van der Waals surface area contributed by atoms with Gasteiger partial charge in [0.1, 0.15) is 10.3 Å². The predicted molar refractivity (Wildman–Crippen MR) is 67.9 cm³/mol. The summed E-state index contributed by atoms with van der Waals surface area (Å²) in [5.41, 5.74) is 1.32. The molecule has 0 unspecified atom stereocenters. The third-order valence-electron chi connectivity index (χ3n) is 2.20. The molecule has 0 saturated heterocycles. The van der Waals surface area contributed by atoms with E-state index in [1.165, 1.54) is 0 Å². The quantitative estimate of drug-likeness (QED) is 0.854. The highest BCUT2D eigenvalue weighted by Crippen LogP contribution is 2.10. The second kappa shape index (κ2) is 5.09. The second-order valence-electron chi connectivity index (χ2n) is 3.43. The molecular weight excluding hydrogens is 284 g/mol. The van der Waals surface area contributed by atoms with Gasteiger partial charge in [-0.3, -0.25) is 9.89 Å². The average Bonchev–Trinajstić information content (AvgIpc) is 2.77. The van der Waals surface area contributed by atoms with E-state index in [0.717, 1.165) is 12.1 Å². The monoisotopic (exact) mass is 294 g/mol. The van der Waals surface area contributed by atoms with Crippen LogP contribution in [0.4, 0.5) is 5.82 Å². The van der Waals surface area contributed by atoms with Crippen LogP contribution in [0.5, 0.6) is 0 Å². The molecule has 2 aromatic heterocycles. The lowest BCUT2D eigenvalue weighted by Gasteiger charge is -2.00. The molecule has 2 aromatic rings. The van der Waals surface area contributed by atoms with Crippen molar-refractivity contribution in [2.24, 2.45) is 0 Å². The first kappa shape index (κ1) is 11.8. The van der Waals surface area contributed by atoms with Gasteiger partial charge in [-0.25, -0.2) is 4.98 Å². The molecule has 2 N–H and O–H groups in total. The van der Waals surface area contributed by atoms with E-state index in [1.54, 1.807) is 24.3 Å². The Morgan fingerprint density at radius 2 is 2.35 bits per heavy atom. The van der Waals surface area contributed by atoms with Crippen LogP contribution < -0.4 is 5.32 Å². The Balaban J connectivity index is 2.11. The van der Waals surface area contributed by atoms with Crippen molar-refractivity contribution in [3.63, 3.8) is 0 Å². The first-order valence-electron chi connectivity index (χ1n) is 5.17. The van der Waals surface area contributed by atoms with Crippen LogP contribution in [0.3, 0.4) is 0 Å². The molecule has 0 spiro atoms. The highest BCUT2D eigenvalue weighted by Gasteiger charge is 2.09. The van der Waals surface area contributed by atoms with Crippen LogP contribution in [-0.4, -0.2) is 21.1 Å². The second-order valence-corrected chi connectivity index (χ2v) is 4.24. The lowest BCUT2D eigenvalue weighted by atomic mass is 10.3. The molecule has 17 heavy (non-hydrogen) atoms. The van der Waals surface area contributed by atoms with Crippen LogP contribution in [0.25, 0.3) is 0 Å². The van der Waals surface area contributed by atoms with Crippen molar-refractivity contribution in [3.05, 3.63) is 40.3 Å². The number of anilines is 1. The smallest absolute Gasteiger partial charge is 0.275 e. The largest absolute Gasteiger partial charge is 0.304 e. The summed E-state index contributed by atoms with van der Waals surface area (Å²) in [6.45, 7) is 2.01. The van der Waals surface area contributed by atoms with Crippen molar-refractivity contribution in [1.29, 1.82) is 0 Å². The summed E-state index contributed by atoms with van der Waals surface area (Å²) in [6.07, 6.45) is 0.845. The zero-order valence-corrected chi connectivity index (χ0v) is 10.8. The van der Waals surface area contributed by atoms with E-state index in [4.69, 9.17) is 0 Å². The predicted octanol–water partition coefficient (Wildman–Crippen LogP) is 2.38. The molecule has 2 rings (SSSR count). The average molecular weight is 295 g/mol. The van der Waals surface area contributed by atoms with Gasteiger partial charge in [-0.2, -0.15) is 5.10 Å². The van der Waals surface area contributed by atoms with Crippen LogP contribution in [0.2, 0.25) is 0 Å². The zero-order valence-electron chi connectivity index (χ0n) is 9.20. The first-order chi connectivity index (χ1) is 8.19. The fourth-order valence-corrected chi connectivity index (χ4v) is 1.67. The number of aryl methyl sites for hydroxylation is 1. The van der Waals surface area contributed by atoms with E-state index in [-0.39, 0.29) is 5.91 Å². The minimum absolute atomic E-state index is 0.277. The number of hydrogen-bond acceptors (Lipinski definition) is 3.